The standard InChI is InChI=1S/C13H24O3Si/c1-13(2,3)17(4,5)16-12-8-10-6-7-11(9-12)15-14-10/h6-7,10-12H,8-9H2,1-5H3/t10-,11+,12?. The van der Waals surface area contributed by atoms with E-state index in [2.05, 4.69) is 46.0 Å². The molecule has 0 N–H and O–H groups in total. The Morgan fingerprint density at radius 1 is 1.06 bits per heavy atom. The summed E-state index contributed by atoms with van der Waals surface area (Å²) < 4.78 is 6.44. The van der Waals surface area contributed by atoms with Crippen LogP contribution in [-0.2, 0) is 14.2 Å². The van der Waals surface area contributed by atoms with E-state index in [0.29, 0.717) is 0 Å². The molecule has 3 nitrogen and oxygen atoms in total. The van der Waals surface area contributed by atoms with Crippen molar-refractivity contribution >= 4 is 8.32 Å². The molecule has 2 bridgehead atoms. The van der Waals surface area contributed by atoms with Gasteiger partial charge in [0.25, 0.3) is 0 Å². The monoisotopic (exact) mass is 256 g/mol. The van der Waals surface area contributed by atoms with Gasteiger partial charge in [0.1, 0.15) is 12.2 Å². The van der Waals surface area contributed by atoms with Gasteiger partial charge in [0.15, 0.2) is 8.32 Å². The van der Waals surface area contributed by atoms with Gasteiger partial charge in [-0.15, -0.1) is 0 Å². The molecule has 3 aliphatic rings. The fraction of sp³-hybridized carbons (Fsp3) is 0.846. The van der Waals surface area contributed by atoms with E-state index >= 15 is 0 Å². The number of hydrogen-bond donors (Lipinski definition) is 0. The fourth-order valence-electron chi connectivity index (χ4n) is 1.99. The van der Waals surface area contributed by atoms with Crippen molar-refractivity contribution in [2.24, 2.45) is 0 Å². The summed E-state index contributed by atoms with van der Waals surface area (Å²) in [6.07, 6.45) is 6.45. The Morgan fingerprint density at radius 3 is 1.88 bits per heavy atom. The van der Waals surface area contributed by atoms with Gasteiger partial charge in [-0.05, 0) is 18.1 Å². The summed E-state index contributed by atoms with van der Waals surface area (Å²) in [6, 6.07) is 0. The molecule has 0 aromatic heterocycles. The van der Waals surface area contributed by atoms with E-state index in [1.54, 1.807) is 0 Å². The largest absolute Gasteiger partial charge is 0.414 e. The van der Waals surface area contributed by atoms with E-state index < -0.39 is 8.32 Å². The van der Waals surface area contributed by atoms with E-state index in [0.717, 1.165) is 12.8 Å². The lowest BCUT2D eigenvalue weighted by Gasteiger charge is -2.39. The van der Waals surface area contributed by atoms with Gasteiger partial charge >= 0.3 is 0 Å². The summed E-state index contributed by atoms with van der Waals surface area (Å²) in [4.78, 5) is 10.6. The van der Waals surface area contributed by atoms with Crippen LogP contribution in [0, 0.1) is 0 Å². The van der Waals surface area contributed by atoms with Gasteiger partial charge in [-0.25, -0.2) is 9.78 Å². The highest BCUT2D eigenvalue weighted by atomic mass is 28.4. The highest BCUT2D eigenvalue weighted by Crippen LogP contribution is 2.39. The normalized spacial score (nSPS) is 33.8. The molecule has 3 atom stereocenters. The predicted octanol–water partition coefficient (Wildman–Crippen LogP) is 3.43. The zero-order chi connectivity index (χ0) is 12.7. The average molecular weight is 256 g/mol. The second-order valence-electron chi connectivity index (χ2n) is 6.63. The van der Waals surface area contributed by atoms with Crippen LogP contribution in [0.4, 0.5) is 0 Å². The van der Waals surface area contributed by atoms with Gasteiger partial charge in [-0.3, -0.25) is 0 Å². The molecular weight excluding hydrogens is 232 g/mol. The van der Waals surface area contributed by atoms with Crippen molar-refractivity contribution in [3.05, 3.63) is 12.2 Å². The van der Waals surface area contributed by atoms with Crippen LogP contribution in [0.5, 0.6) is 0 Å². The number of rotatable bonds is 2. The Labute approximate surface area is 105 Å². The van der Waals surface area contributed by atoms with Gasteiger partial charge in [-0.1, -0.05) is 32.9 Å². The van der Waals surface area contributed by atoms with Gasteiger partial charge in [0.2, 0.25) is 0 Å². The van der Waals surface area contributed by atoms with E-state index in [1.807, 2.05) is 0 Å². The molecule has 1 fully saturated rings. The second kappa shape index (κ2) is 4.50. The molecule has 4 heteroatoms. The molecule has 1 aliphatic carbocycles. The lowest BCUT2D eigenvalue weighted by molar-refractivity contribution is -0.332. The molecule has 0 amide bonds. The highest BCUT2D eigenvalue weighted by molar-refractivity contribution is 6.74. The van der Waals surface area contributed by atoms with Crippen molar-refractivity contribution in [3.63, 3.8) is 0 Å². The maximum atomic E-state index is 6.44. The fourth-order valence-corrected chi connectivity index (χ4v) is 3.37. The van der Waals surface area contributed by atoms with Crippen LogP contribution in [0.2, 0.25) is 18.1 Å². The summed E-state index contributed by atoms with van der Waals surface area (Å²) in [7, 11) is -1.68. The summed E-state index contributed by atoms with van der Waals surface area (Å²) in [5, 5.41) is 0.257. The summed E-state index contributed by atoms with van der Waals surface area (Å²) in [6.45, 7) is 11.4. The van der Waals surface area contributed by atoms with Crippen LogP contribution in [0.3, 0.4) is 0 Å². The van der Waals surface area contributed by atoms with Crippen LogP contribution in [0.25, 0.3) is 0 Å². The second-order valence-corrected chi connectivity index (χ2v) is 11.4. The maximum Gasteiger partial charge on any atom is 0.192 e. The first-order valence-electron chi connectivity index (χ1n) is 6.46. The molecule has 0 spiro atoms. The Kier molecular flexibility index (Phi) is 3.51. The first kappa shape index (κ1) is 13.3. The van der Waals surface area contributed by atoms with E-state index in [4.69, 9.17) is 14.2 Å². The molecule has 1 unspecified atom stereocenters. The van der Waals surface area contributed by atoms with Gasteiger partial charge in [0, 0.05) is 12.8 Å². The maximum absolute atomic E-state index is 6.44. The first-order valence-corrected chi connectivity index (χ1v) is 9.37. The molecule has 3 rings (SSSR count). The quantitative estimate of drug-likeness (QED) is 0.430. The average Bonchev–Trinajstić information content (AvgIpc) is 2.46. The van der Waals surface area contributed by atoms with Gasteiger partial charge < -0.3 is 4.43 Å². The summed E-state index contributed by atoms with van der Waals surface area (Å²) in [5.74, 6) is 0. The van der Waals surface area contributed by atoms with E-state index in [-0.39, 0.29) is 23.4 Å². The van der Waals surface area contributed by atoms with Crippen LogP contribution in [-0.4, -0.2) is 26.6 Å². The molecular formula is C13H24O3Si. The van der Waals surface area contributed by atoms with Gasteiger partial charge in [0.05, 0.1) is 6.10 Å². The molecule has 2 aliphatic heterocycles. The van der Waals surface area contributed by atoms with Crippen LogP contribution in [0.15, 0.2) is 12.2 Å². The molecule has 0 radical (unpaired) electrons. The molecule has 2 heterocycles. The van der Waals surface area contributed by atoms with Crippen molar-refractivity contribution in [2.45, 2.75) is 70.1 Å². The molecule has 98 valence electrons. The lowest BCUT2D eigenvalue weighted by atomic mass is 10.1. The minimum Gasteiger partial charge on any atom is -0.414 e. The minimum absolute atomic E-state index is 0.0727. The predicted molar refractivity (Wildman–Crippen MR) is 70.2 cm³/mol. The topological polar surface area (TPSA) is 27.7 Å². The van der Waals surface area contributed by atoms with Crippen LogP contribution < -0.4 is 0 Å². The Balaban J connectivity index is 2.01. The van der Waals surface area contributed by atoms with Crippen molar-refractivity contribution in [3.8, 4) is 0 Å². The first-order chi connectivity index (χ1) is 7.78. The molecule has 17 heavy (non-hydrogen) atoms. The van der Waals surface area contributed by atoms with Crippen molar-refractivity contribution < 1.29 is 14.2 Å². The van der Waals surface area contributed by atoms with Crippen LogP contribution >= 0.6 is 0 Å². The van der Waals surface area contributed by atoms with Crippen molar-refractivity contribution in [1.29, 1.82) is 0 Å². The van der Waals surface area contributed by atoms with E-state index in [1.165, 1.54) is 0 Å². The zero-order valence-electron chi connectivity index (χ0n) is 11.5. The molecule has 0 aromatic carbocycles. The molecule has 0 aromatic rings. The van der Waals surface area contributed by atoms with E-state index in [9.17, 15) is 0 Å². The highest BCUT2D eigenvalue weighted by Gasteiger charge is 2.41. The van der Waals surface area contributed by atoms with Crippen molar-refractivity contribution in [2.75, 3.05) is 0 Å². The third-order valence-corrected chi connectivity index (χ3v) is 8.64. The third-order valence-electron chi connectivity index (χ3n) is 4.10. The Morgan fingerprint density at radius 2 is 1.53 bits per heavy atom. The summed E-state index contributed by atoms with van der Waals surface area (Å²) >= 11 is 0. The molecule has 1 saturated heterocycles. The SMILES string of the molecule is CC(C)(C)[Si](C)(C)OC1C[C@H]2C=C[C@@H](C1)OO2. The number of fused-ring (bicyclic) bond motifs is 3. The zero-order valence-corrected chi connectivity index (χ0v) is 12.5. The summed E-state index contributed by atoms with van der Waals surface area (Å²) in [5.41, 5.74) is 0. The van der Waals surface area contributed by atoms with Gasteiger partial charge in [-0.2, -0.15) is 0 Å². The third kappa shape index (κ3) is 2.99. The lowest BCUT2D eigenvalue weighted by Crippen LogP contribution is -2.44. The Hall–Kier alpha value is -0.163. The van der Waals surface area contributed by atoms with Crippen molar-refractivity contribution in [1.82, 2.24) is 0 Å². The molecule has 0 saturated carbocycles. The number of hydrogen-bond acceptors (Lipinski definition) is 3. The van der Waals surface area contributed by atoms with Crippen LogP contribution in [0.1, 0.15) is 33.6 Å². The minimum atomic E-state index is -1.68. The smallest absolute Gasteiger partial charge is 0.192 e. The Bertz CT molecular complexity index is 290.